The molecule has 16 heavy (non-hydrogen) atoms. The van der Waals surface area contributed by atoms with Crippen molar-refractivity contribution >= 4 is 27.3 Å². The summed E-state index contributed by atoms with van der Waals surface area (Å²) < 4.78 is 1.03. The van der Waals surface area contributed by atoms with Crippen LogP contribution in [-0.4, -0.2) is 6.54 Å². The molecule has 0 heterocycles. The number of nitrogen functional groups attached to an aromatic ring is 1. The van der Waals surface area contributed by atoms with Crippen LogP contribution in [0.15, 0.2) is 22.7 Å². The van der Waals surface area contributed by atoms with Crippen LogP contribution in [0.1, 0.15) is 32.6 Å². The van der Waals surface area contributed by atoms with Crippen LogP contribution in [0.2, 0.25) is 0 Å². The van der Waals surface area contributed by atoms with Crippen molar-refractivity contribution in [2.45, 2.75) is 32.6 Å². The molecule has 0 bridgehead atoms. The van der Waals surface area contributed by atoms with Gasteiger partial charge in [0.1, 0.15) is 0 Å². The van der Waals surface area contributed by atoms with Crippen molar-refractivity contribution in [3.63, 3.8) is 0 Å². The molecule has 2 nitrogen and oxygen atoms in total. The lowest BCUT2D eigenvalue weighted by Crippen LogP contribution is -2.15. The van der Waals surface area contributed by atoms with Crippen LogP contribution in [0.5, 0.6) is 0 Å². The van der Waals surface area contributed by atoms with Crippen molar-refractivity contribution in [2.75, 3.05) is 17.6 Å². The summed E-state index contributed by atoms with van der Waals surface area (Å²) in [6.07, 6.45) is 5.34. The largest absolute Gasteiger partial charge is 0.397 e. The van der Waals surface area contributed by atoms with Crippen LogP contribution < -0.4 is 11.1 Å². The monoisotopic (exact) mass is 282 g/mol. The lowest BCUT2D eigenvalue weighted by Gasteiger charge is -2.17. The molecule has 0 amide bonds. The first kappa shape index (κ1) is 11.8. The fourth-order valence-corrected chi connectivity index (χ4v) is 2.58. The Balaban J connectivity index is 1.94. The minimum absolute atomic E-state index is 0.564. The molecule has 3 N–H and O–H groups in total. The van der Waals surface area contributed by atoms with Gasteiger partial charge in [-0.3, -0.25) is 0 Å². The van der Waals surface area contributed by atoms with Crippen LogP contribution in [0, 0.1) is 5.41 Å². The van der Waals surface area contributed by atoms with Crippen LogP contribution in [0.4, 0.5) is 11.4 Å². The Labute approximate surface area is 106 Å². The second-order valence-corrected chi connectivity index (χ2v) is 5.75. The number of halogens is 1. The summed E-state index contributed by atoms with van der Waals surface area (Å²) in [6.45, 7) is 3.32. The standard InChI is InChI=1S/C13H19BrN2/c1-2-5-13(6-7-13)9-16-12-4-3-10(14)8-11(12)15/h3-4,8,16H,2,5-7,9,15H2,1H3. The molecule has 1 aliphatic carbocycles. The smallest absolute Gasteiger partial charge is 0.0574 e. The maximum absolute atomic E-state index is 5.95. The first-order valence-corrected chi connectivity index (χ1v) is 6.73. The molecule has 1 saturated carbocycles. The molecular formula is C13H19BrN2. The van der Waals surface area contributed by atoms with E-state index in [1.165, 1.54) is 25.7 Å². The highest BCUT2D eigenvalue weighted by Crippen LogP contribution is 2.49. The van der Waals surface area contributed by atoms with Crippen molar-refractivity contribution < 1.29 is 0 Å². The van der Waals surface area contributed by atoms with Crippen molar-refractivity contribution in [1.82, 2.24) is 0 Å². The predicted octanol–water partition coefficient (Wildman–Crippen LogP) is 4.02. The van der Waals surface area contributed by atoms with E-state index in [4.69, 9.17) is 5.73 Å². The van der Waals surface area contributed by atoms with Gasteiger partial charge >= 0.3 is 0 Å². The van der Waals surface area contributed by atoms with Crippen molar-refractivity contribution in [3.8, 4) is 0 Å². The topological polar surface area (TPSA) is 38.0 Å². The normalized spacial score (nSPS) is 17.1. The van der Waals surface area contributed by atoms with Gasteiger partial charge in [-0.1, -0.05) is 29.3 Å². The highest BCUT2D eigenvalue weighted by molar-refractivity contribution is 9.10. The number of benzene rings is 1. The molecule has 0 atom stereocenters. The van der Waals surface area contributed by atoms with E-state index >= 15 is 0 Å². The number of nitrogens with two attached hydrogens (primary N) is 1. The van der Waals surface area contributed by atoms with Crippen LogP contribution in [-0.2, 0) is 0 Å². The second kappa shape index (κ2) is 4.66. The van der Waals surface area contributed by atoms with Crippen molar-refractivity contribution in [1.29, 1.82) is 0 Å². The third-order valence-corrected chi connectivity index (χ3v) is 3.90. The summed E-state index contributed by atoms with van der Waals surface area (Å²) >= 11 is 3.42. The fourth-order valence-electron chi connectivity index (χ4n) is 2.20. The Morgan fingerprint density at radius 2 is 2.19 bits per heavy atom. The van der Waals surface area contributed by atoms with Gasteiger partial charge in [-0.05, 0) is 42.9 Å². The van der Waals surface area contributed by atoms with E-state index in [-0.39, 0.29) is 0 Å². The molecule has 1 aromatic rings. The number of rotatable bonds is 5. The lowest BCUT2D eigenvalue weighted by molar-refractivity contribution is 0.486. The summed E-state index contributed by atoms with van der Waals surface area (Å²) in [7, 11) is 0. The Bertz CT molecular complexity index is 372. The fraction of sp³-hybridized carbons (Fsp3) is 0.538. The highest BCUT2D eigenvalue weighted by Gasteiger charge is 2.41. The van der Waals surface area contributed by atoms with E-state index in [9.17, 15) is 0 Å². The highest BCUT2D eigenvalue weighted by atomic mass is 79.9. The average molecular weight is 283 g/mol. The molecule has 1 fully saturated rings. The second-order valence-electron chi connectivity index (χ2n) is 4.84. The number of anilines is 2. The molecule has 0 aromatic heterocycles. The first-order valence-electron chi connectivity index (χ1n) is 5.94. The molecular weight excluding hydrogens is 264 g/mol. The van der Waals surface area contributed by atoms with Gasteiger partial charge in [0.05, 0.1) is 11.4 Å². The summed E-state index contributed by atoms with van der Waals surface area (Å²) in [5.41, 5.74) is 8.40. The molecule has 0 spiro atoms. The molecule has 0 unspecified atom stereocenters. The summed E-state index contributed by atoms with van der Waals surface area (Å²) in [5, 5.41) is 3.48. The van der Waals surface area contributed by atoms with Gasteiger partial charge < -0.3 is 11.1 Å². The minimum Gasteiger partial charge on any atom is -0.397 e. The Hall–Kier alpha value is -0.700. The Morgan fingerprint density at radius 3 is 2.75 bits per heavy atom. The molecule has 2 rings (SSSR count). The molecule has 88 valence electrons. The van der Waals surface area contributed by atoms with Gasteiger partial charge in [0.25, 0.3) is 0 Å². The molecule has 1 aromatic carbocycles. The summed E-state index contributed by atoms with van der Waals surface area (Å²) in [6, 6.07) is 6.02. The van der Waals surface area contributed by atoms with Gasteiger partial charge in [0.2, 0.25) is 0 Å². The van der Waals surface area contributed by atoms with E-state index in [1.807, 2.05) is 18.2 Å². The van der Waals surface area contributed by atoms with Gasteiger partial charge in [-0.25, -0.2) is 0 Å². The van der Waals surface area contributed by atoms with E-state index < -0.39 is 0 Å². The van der Waals surface area contributed by atoms with E-state index in [2.05, 4.69) is 28.2 Å². The Kier molecular flexibility index (Phi) is 3.43. The summed E-state index contributed by atoms with van der Waals surface area (Å²) in [4.78, 5) is 0. The SMILES string of the molecule is CCCC1(CNc2ccc(Br)cc2N)CC1. The average Bonchev–Trinajstić information content (AvgIpc) is 2.98. The van der Waals surface area contributed by atoms with Crippen LogP contribution in [0.25, 0.3) is 0 Å². The number of nitrogens with one attached hydrogen (secondary N) is 1. The molecule has 1 aliphatic rings. The number of hydrogen-bond acceptors (Lipinski definition) is 2. The van der Waals surface area contributed by atoms with Gasteiger partial charge in [-0.15, -0.1) is 0 Å². The third-order valence-electron chi connectivity index (χ3n) is 3.40. The summed E-state index contributed by atoms with van der Waals surface area (Å²) in [5.74, 6) is 0. The first-order chi connectivity index (χ1) is 7.65. The third kappa shape index (κ3) is 2.70. The molecule has 3 heteroatoms. The molecule has 0 saturated heterocycles. The number of hydrogen-bond donors (Lipinski definition) is 2. The maximum Gasteiger partial charge on any atom is 0.0574 e. The zero-order chi connectivity index (χ0) is 11.6. The predicted molar refractivity (Wildman–Crippen MR) is 73.6 cm³/mol. The van der Waals surface area contributed by atoms with E-state index in [1.54, 1.807) is 0 Å². The van der Waals surface area contributed by atoms with Crippen molar-refractivity contribution in [3.05, 3.63) is 22.7 Å². The maximum atomic E-state index is 5.95. The lowest BCUT2D eigenvalue weighted by atomic mass is 10.0. The quantitative estimate of drug-likeness (QED) is 0.801. The van der Waals surface area contributed by atoms with Crippen LogP contribution in [0.3, 0.4) is 0 Å². The van der Waals surface area contributed by atoms with Crippen molar-refractivity contribution in [2.24, 2.45) is 5.41 Å². The molecule has 0 radical (unpaired) electrons. The van der Waals surface area contributed by atoms with Gasteiger partial charge in [-0.2, -0.15) is 0 Å². The van der Waals surface area contributed by atoms with E-state index in [0.29, 0.717) is 5.41 Å². The van der Waals surface area contributed by atoms with Gasteiger partial charge in [0.15, 0.2) is 0 Å². The van der Waals surface area contributed by atoms with Crippen LogP contribution >= 0.6 is 15.9 Å². The zero-order valence-corrected chi connectivity index (χ0v) is 11.3. The molecule has 0 aliphatic heterocycles. The zero-order valence-electron chi connectivity index (χ0n) is 9.72. The van der Waals surface area contributed by atoms with Gasteiger partial charge in [0, 0.05) is 11.0 Å². The Morgan fingerprint density at radius 1 is 1.44 bits per heavy atom. The van der Waals surface area contributed by atoms with E-state index in [0.717, 1.165) is 22.4 Å². The minimum atomic E-state index is 0.564.